The van der Waals surface area contributed by atoms with Crippen LogP contribution in [0.2, 0.25) is 0 Å². The number of carboxylic acids is 1. The summed E-state index contributed by atoms with van der Waals surface area (Å²) in [4.78, 5) is 18.3. The maximum Gasteiger partial charge on any atom is 0.335 e. The number of nitrogens with zero attached hydrogens (tertiary/aromatic N) is 2. The molecule has 0 aliphatic carbocycles. The van der Waals surface area contributed by atoms with Crippen molar-refractivity contribution in [3.63, 3.8) is 0 Å². The quantitative estimate of drug-likeness (QED) is 0.613. The zero-order chi connectivity index (χ0) is 18.5. The van der Waals surface area contributed by atoms with Crippen LogP contribution in [0.15, 0.2) is 60.8 Å². The highest BCUT2D eigenvalue weighted by Crippen LogP contribution is 2.18. The average molecular weight is 342 g/mol. The van der Waals surface area contributed by atoms with Gasteiger partial charge in [-0.15, -0.1) is 0 Å². The summed E-state index contributed by atoms with van der Waals surface area (Å²) in [5.74, 6) is -0.402. The monoisotopic (exact) mass is 342 g/mol. The van der Waals surface area contributed by atoms with Crippen LogP contribution in [0.5, 0.6) is 0 Å². The lowest BCUT2D eigenvalue weighted by atomic mass is 10.1. The van der Waals surface area contributed by atoms with Gasteiger partial charge in [0.15, 0.2) is 0 Å². The van der Waals surface area contributed by atoms with E-state index < -0.39 is 5.97 Å². The van der Waals surface area contributed by atoms with Crippen LogP contribution in [0.1, 0.15) is 27.3 Å². The fourth-order valence-corrected chi connectivity index (χ4v) is 2.34. The van der Waals surface area contributed by atoms with Crippen molar-refractivity contribution in [2.45, 2.75) is 0 Å². The van der Waals surface area contributed by atoms with Crippen molar-refractivity contribution in [1.82, 2.24) is 9.97 Å². The Kier molecular flexibility index (Phi) is 4.72. The van der Waals surface area contributed by atoms with Crippen LogP contribution >= 0.6 is 0 Å². The summed E-state index contributed by atoms with van der Waals surface area (Å²) in [6.07, 6.45) is 4.96. The summed E-state index contributed by atoms with van der Waals surface area (Å²) in [6, 6.07) is 15.4. The number of imidazole rings is 1. The van der Waals surface area contributed by atoms with E-state index in [0.29, 0.717) is 17.0 Å². The van der Waals surface area contributed by atoms with Crippen molar-refractivity contribution in [3.05, 3.63) is 83.3 Å². The van der Waals surface area contributed by atoms with E-state index in [4.69, 9.17) is 15.8 Å². The molecule has 0 saturated heterocycles. The molecule has 6 heteroatoms. The standard InChI is InChI=1S/C20H14N4O2/c21-11-13-1-3-15(4-2-13)18-12-23-19(24-18)10-9-17(22)14-5-7-16(8-6-14)20(25)26/h1-10,12,22H,(H,23,24)(H,25,26)/b10-9-,22-17?. The molecule has 2 aromatic carbocycles. The number of H-pyrrole nitrogens is 1. The topological polar surface area (TPSA) is 114 Å². The minimum atomic E-state index is -0.996. The van der Waals surface area contributed by atoms with Gasteiger partial charge in [-0.05, 0) is 47.5 Å². The Morgan fingerprint density at radius 2 is 1.77 bits per heavy atom. The lowest BCUT2D eigenvalue weighted by molar-refractivity contribution is 0.0697. The van der Waals surface area contributed by atoms with Crippen molar-refractivity contribution in [2.75, 3.05) is 0 Å². The number of carboxylic acid groups (broad SMARTS) is 1. The molecule has 0 atom stereocenters. The number of rotatable bonds is 5. The summed E-state index contributed by atoms with van der Waals surface area (Å²) in [5, 5.41) is 25.8. The summed E-state index contributed by atoms with van der Waals surface area (Å²) in [5.41, 5.74) is 3.37. The van der Waals surface area contributed by atoms with Crippen LogP contribution in [0.3, 0.4) is 0 Å². The third-order valence-corrected chi connectivity index (χ3v) is 3.77. The van der Waals surface area contributed by atoms with Gasteiger partial charge in [0.25, 0.3) is 0 Å². The van der Waals surface area contributed by atoms with Gasteiger partial charge >= 0.3 is 5.97 Å². The molecule has 0 aliphatic rings. The molecule has 126 valence electrons. The Balaban J connectivity index is 1.72. The first-order chi connectivity index (χ1) is 12.6. The van der Waals surface area contributed by atoms with E-state index in [1.165, 1.54) is 12.1 Å². The molecule has 0 spiro atoms. The van der Waals surface area contributed by atoms with Crippen LogP contribution in [0, 0.1) is 16.7 Å². The molecule has 6 nitrogen and oxygen atoms in total. The number of allylic oxidation sites excluding steroid dienone is 1. The summed E-state index contributed by atoms with van der Waals surface area (Å²) < 4.78 is 0. The molecule has 0 bridgehead atoms. The van der Waals surface area contributed by atoms with E-state index in [1.54, 1.807) is 42.6 Å². The zero-order valence-electron chi connectivity index (χ0n) is 13.6. The van der Waals surface area contributed by atoms with Gasteiger partial charge in [-0.3, -0.25) is 0 Å². The molecular formula is C20H14N4O2. The summed E-state index contributed by atoms with van der Waals surface area (Å²) in [6.45, 7) is 0. The highest BCUT2D eigenvalue weighted by Gasteiger charge is 2.05. The van der Waals surface area contributed by atoms with E-state index in [2.05, 4.69) is 16.0 Å². The van der Waals surface area contributed by atoms with Gasteiger partial charge in [0.05, 0.1) is 34.8 Å². The van der Waals surface area contributed by atoms with Gasteiger partial charge in [-0.1, -0.05) is 24.3 Å². The molecule has 3 aromatic rings. The SMILES string of the molecule is N#Cc1ccc(-c2cnc(/C=C\C(=N)c3ccc(C(=O)O)cc3)[nH]2)cc1. The van der Waals surface area contributed by atoms with Crippen LogP contribution in [-0.4, -0.2) is 26.8 Å². The molecule has 0 amide bonds. The van der Waals surface area contributed by atoms with Gasteiger partial charge in [0.1, 0.15) is 5.82 Å². The van der Waals surface area contributed by atoms with Crippen LogP contribution < -0.4 is 0 Å². The number of carbonyl (C=O) groups is 1. The highest BCUT2D eigenvalue weighted by atomic mass is 16.4. The first-order valence-electron chi connectivity index (χ1n) is 7.73. The molecule has 0 saturated carbocycles. The predicted molar refractivity (Wildman–Crippen MR) is 98.0 cm³/mol. The van der Waals surface area contributed by atoms with Crippen LogP contribution in [0.4, 0.5) is 0 Å². The normalized spacial score (nSPS) is 10.6. The van der Waals surface area contributed by atoms with E-state index >= 15 is 0 Å². The van der Waals surface area contributed by atoms with Crippen molar-refractivity contribution >= 4 is 17.8 Å². The van der Waals surface area contributed by atoms with Crippen LogP contribution in [-0.2, 0) is 0 Å². The number of benzene rings is 2. The van der Waals surface area contributed by atoms with Gasteiger partial charge in [0, 0.05) is 0 Å². The fourth-order valence-electron chi connectivity index (χ4n) is 2.34. The third-order valence-electron chi connectivity index (χ3n) is 3.77. The molecule has 3 rings (SSSR count). The maximum atomic E-state index is 10.9. The minimum Gasteiger partial charge on any atom is -0.478 e. The van der Waals surface area contributed by atoms with Gasteiger partial charge in [-0.25, -0.2) is 9.78 Å². The molecule has 1 aromatic heterocycles. The predicted octanol–water partition coefficient (Wildman–Crippen LogP) is 3.73. The van der Waals surface area contributed by atoms with Crippen LogP contribution in [0.25, 0.3) is 17.3 Å². The average Bonchev–Trinajstić information content (AvgIpc) is 3.15. The van der Waals surface area contributed by atoms with E-state index in [1.807, 2.05) is 12.1 Å². The fraction of sp³-hybridized carbons (Fsp3) is 0. The van der Waals surface area contributed by atoms with Crippen molar-refractivity contribution in [1.29, 1.82) is 10.7 Å². The van der Waals surface area contributed by atoms with Crippen molar-refractivity contribution < 1.29 is 9.90 Å². The summed E-state index contributed by atoms with van der Waals surface area (Å²) >= 11 is 0. The largest absolute Gasteiger partial charge is 0.478 e. The Labute approximate surface area is 149 Å². The lowest BCUT2D eigenvalue weighted by Gasteiger charge is -1.99. The number of aromatic carboxylic acids is 1. The second-order valence-electron chi connectivity index (χ2n) is 5.50. The van der Waals surface area contributed by atoms with E-state index in [0.717, 1.165) is 11.3 Å². The zero-order valence-corrected chi connectivity index (χ0v) is 13.6. The molecule has 3 N–H and O–H groups in total. The highest BCUT2D eigenvalue weighted by molar-refractivity contribution is 6.08. The molecule has 26 heavy (non-hydrogen) atoms. The van der Waals surface area contributed by atoms with E-state index in [9.17, 15) is 4.79 Å². The smallest absolute Gasteiger partial charge is 0.335 e. The Morgan fingerprint density at radius 1 is 1.12 bits per heavy atom. The van der Waals surface area contributed by atoms with Gasteiger partial charge in [-0.2, -0.15) is 5.26 Å². The first-order valence-corrected chi connectivity index (χ1v) is 7.73. The van der Waals surface area contributed by atoms with Crippen molar-refractivity contribution in [2.24, 2.45) is 0 Å². The molecule has 0 radical (unpaired) electrons. The second-order valence-corrected chi connectivity index (χ2v) is 5.50. The summed E-state index contributed by atoms with van der Waals surface area (Å²) in [7, 11) is 0. The Hall–Kier alpha value is -3.98. The molecule has 0 fully saturated rings. The molecule has 1 heterocycles. The lowest BCUT2D eigenvalue weighted by Crippen LogP contribution is -1.99. The first kappa shape index (κ1) is 16.9. The number of aromatic nitrogens is 2. The third kappa shape index (κ3) is 3.74. The van der Waals surface area contributed by atoms with Gasteiger partial charge in [0.2, 0.25) is 0 Å². The Morgan fingerprint density at radius 3 is 2.38 bits per heavy atom. The number of hydrogen-bond donors (Lipinski definition) is 3. The number of aromatic amines is 1. The molecule has 0 aliphatic heterocycles. The van der Waals surface area contributed by atoms with Crippen molar-refractivity contribution in [3.8, 4) is 17.3 Å². The Bertz CT molecular complexity index is 1020. The number of nitriles is 1. The maximum absolute atomic E-state index is 10.9. The number of hydrogen-bond acceptors (Lipinski definition) is 4. The molecular weight excluding hydrogens is 328 g/mol. The van der Waals surface area contributed by atoms with E-state index in [-0.39, 0.29) is 11.3 Å². The second kappa shape index (κ2) is 7.28. The molecule has 0 unspecified atom stereocenters. The van der Waals surface area contributed by atoms with Gasteiger partial charge < -0.3 is 15.5 Å². The number of nitrogens with one attached hydrogen (secondary N) is 2. The minimum absolute atomic E-state index is 0.184.